The third-order valence-electron chi connectivity index (χ3n) is 3.63. The van der Waals surface area contributed by atoms with E-state index in [2.05, 4.69) is 4.98 Å². The molecule has 0 bridgehead atoms. The SMILES string of the molecule is Cc1cn2c(C=CC(=O)OC(C(N)=O)c3ccccc3)c(C)nc2s1. The van der Waals surface area contributed by atoms with Gasteiger partial charge in [0, 0.05) is 22.7 Å². The third kappa shape index (κ3) is 3.61. The van der Waals surface area contributed by atoms with Crippen molar-refractivity contribution in [3.63, 3.8) is 0 Å². The first-order valence-corrected chi connectivity index (χ1v) is 8.45. The Balaban J connectivity index is 1.79. The van der Waals surface area contributed by atoms with Gasteiger partial charge in [0.2, 0.25) is 6.10 Å². The van der Waals surface area contributed by atoms with Crippen LogP contribution in [0.5, 0.6) is 0 Å². The van der Waals surface area contributed by atoms with Crippen molar-refractivity contribution in [3.8, 4) is 0 Å². The molecule has 0 spiro atoms. The van der Waals surface area contributed by atoms with Gasteiger partial charge in [-0.25, -0.2) is 9.78 Å². The molecule has 0 saturated heterocycles. The molecule has 0 aliphatic rings. The maximum atomic E-state index is 12.1. The Morgan fingerprint density at radius 1 is 1.28 bits per heavy atom. The summed E-state index contributed by atoms with van der Waals surface area (Å²) < 4.78 is 7.14. The van der Waals surface area contributed by atoms with Crippen LogP contribution >= 0.6 is 11.3 Å². The van der Waals surface area contributed by atoms with E-state index < -0.39 is 18.0 Å². The van der Waals surface area contributed by atoms with Crippen LogP contribution in [0.4, 0.5) is 0 Å². The van der Waals surface area contributed by atoms with E-state index in [1.54, 1.807) is 47.7 Å². The number of hydrogen-bond donors (Lipinski definition) is 1. The number of fused-ring (bicyclic) bond motifs is 1. The highest BCUT2D eigenvalue weighted by atomic mass is 32.1. The van der Waals surface area contributed by atoms with Crippen LogP contribution in [0.1, 0.15) is 27.9 Å². The van der Waals surface area contributed by atoms with Crippen molar-refractivity contribution in [3.05, 3.63) is 64.4 Å². The van der Waals surface area contributed by atoms with E-state index in [4.69, 9.17) is 10.5 Å². The summed E-state index contributed by atoms with van der Waals surface area (Å²) in [5.74, 6) is -1.36. The topological polar surface area (TPSA) is 86.7 Å². The number of carbonyl (C=O) groups excluding carboxylic acids is 2. The van der Waals surface area contributed by atoms with Crippen LogP contribution in [-0.2, 0) is 14.3 Å². The summed E-state index contributed by atoms with van der Waals surface area (Å²) in [7, 11) is 0. The number of rotatable bonds is 5. The third-order valence-corrected chi connectivity index (χ3v) is 4.53. The predicted molar refractivity (Wildman–Crippen MR) is 96.0 cm³/mol. The monoisotopic (exact) mass is 355 g/mol. The Kier molecular flexibility index (Phi) is 4.67. The van der Waals surface area contributed by atoms with E-state index in [9.17, 15) is 9.59 Å². The molecule has 0 fully saturated rings. The second-order valence-electron chi connectivity index (χ2n) is 5.54. The number of benzene rings is 1. The number of imidazole rings is 1. The smallest absolute Gasteiger partial charge is 0.331 e. The predicted octanol–water partition coefficient (Wildman–Crippen LogP) is 2.80. The van der Waals surface area contributed by atoms with Gasteiger partial charge in [0.1, 0.15) is 0 Å². The summed E-state index contributed by atoms with van der Waals surface area (Å²) in [4.78, 5) is 30.2. The van der Waals surface area contributed by atoms with Crippen LogP contribution in [0, 0.1) is 13.8 Å². The Bertz CT molecular complexity index is 957. The van der Waals surface area contributed by atoms with Gasteiger partial charge in [-0.15, -0.1) is 11.3 Å². The van der Waals surface area contributed by atoms with Crippen molar-refractivity contribution in [2.75, 3.05) is 0 Å². The molecule has 2 aromatic heterocycles. The minimum atomic E-state index is -1.12. The van der Waals surface area contributed by atoms with Gasteiger partial charge in [-0.05, 0) is 19.9 Å². The van der Waals surface area contributed by atoms with E-state index in [-0.39, 0.29) is 0 Å². The Hall–Kier alpha value is -2.93. The number of amides is 1. The number of carbonyl (C=O) groups is 2. The summed E-state index contributed by atoms with van der Waals surface area (Å²) in [6.07, 6.45) is 3.75. The molecule has 0 radical (unpaired) electrons. The first-order valence-electron chi connectivity index (χ1n) is 7.64. The summed E-state index contributed by atoms with van der Waals surface area (Å²) in [6, 6.07) is 8.68. The molecule has 128 valence electrons. The second-order valence-corrected chi connectivity index (χ2v) is 6.75. The number of esters is 1. The van der Waals surface area contributed by atoms with E-state index in [0.717, 1.165) is 21.2 Å². The number of aromatic nitrogens is 2. The zero-order valence-corrected chi connectivity index (χ0v) is 14.6. The van der Waals surface area contributed by atoms with E-state index in [1.165, 1.54) is 6.08 Å². The highest BCUT2D eigenvalue weighted by Crippen LogP contribution is 2.22. The van der Waals surface area contributed by atoms with Crippen LogP contribution < -0.4 is 5.73 Å². The van der Waals surface area contributed by atoms with Crippen LogP contribution in [-0.4, -0.2) is 21.3 Å². The van der Waals surface area contributed by atoms with Crippen LogP contribution in [0.2, 0.25) is 0 Å². The van der Waals surface area contributed by atoms with E-state index in [0.29, 0.717) is 5.56 Å². The Morgan fingerprint density at radius 2 is 2.00 bits per heavy atom. The van der Waals surface area contributed by atoms with Crippen LogP contribution in [0.15, 0.2) is 42.6 Å². The average molecular weight is 355 g/mol. The van der Waals surface area contributed by atoms with Crippen molar-refractivity contribution in [2.45, 2.75) is 20.0 Å². The number of thiazole rings is 1. The molecular weight excluding hydrogens is 338 g/mol. The molecular formula is C18H17N3O3S. The van der Waals surface area contributed by atoms with Gasteiger partial charge < -0.3 is 10.5 Å². The molecule has 2 N–H and O–H groups in total. The molecule has 3 rings (SSSR count). The molecule has 2 heterocycles. The molecule has 1 aromatic carbocycles. The fourth-order valence-corrected chi connectivity index (χ4v) is 3.38. The van der Waals surface area contributed by atoms with Gasteiger partial charge in [0.05, 0.1) is 11.4 Å². The largest absolute Gasteiger partial charge is 0.444 e. The number of nitrogens with two attached hydrogens (primary N) is 1. The first kappa shape index (κ1) is 16.9. The number of nitrogens with zero attached hydrogens (tertiary/aromatic N) is 2. The lowest BCUT2D eigenvalue weighted by Gasteiger charge is -2.13. The lowest BCUT2D eigenvalue weighted by molar-refractivity contribution is -0.150. The van der Waals surface area contributed by atoms with Crippen molar-refractivity contribution < 1.29 is 14.3 Å². The fourth-order valence-electron chi connectivity index (χ4n) is 2.50. The standard InChI is InChI=1S/C18H17N3O3S/c1-11-10-21-14(12(2)20-18(21)25-11)8-9-15(22)24-16(17(19)23)13-6-4-3-5-7-13/h3-10,16H,1-2H3,(H2,19,23). The molecule has 0 saturated carbocycles. The summed E-state index contributed by atoms with van der Waals surface area (Å²) in [5, 5.41) is 0. The van der Waals surface area contributed by atoms with E-state index >= 15 is 0 Å². The number of primary amides is 1. The summed E-state index contributed by atoms with van der Waals surface area (Å²) in [5.41, 5.74) is 7.50. The van der Waals surface area contributed by atoms with Gasteiger partial charge in [0.25, 0.3) is 5.91 Å². The molecule has 7 heteroatoms. The second kappa shape index (κ2) is 6.90. The molecule has 0 aliphatic heterocycles. The van der Waals surface area contributed by atoms with Crippen LogP contribution in [0.25, 0.3) is 11.0 Å². The quantitative estimate of drug-likeness (QED) is 0.563. The van der Waals surface area contributed by atoms with Gasteiger partial charge >= 0.3 is 5.97 Å². The van der Waals surface area contributed by atoms with Crippen LogP contribution in [0.3, 0.4) is 0 Å². The van der Waals surface area contributed by atoms with E-state index in [1.807, 2.05) is 24.4 Å². The minimum absolute atomic E-state index is 0.535. The Labute approximate surface area is 148 Å². The highest BCUT2D eigenvalue weighted by Gasteiger charge is 2.21. The fraction of sp³-hybridized carbons (Fsp3) is 0.167. The maximum Gasteiger partial charge on any atom is 0.331 e. The minimum Gasteiger partial charge on any atom is -0.444 e. The average Bonchev–Trinajstić information content (AvgIpc) is 3.06. The lowest BCUT2D eigenvalue weighted by Crippen LogP contribution is -2.25. The Morgan fingerprint density at radius 3 is 2.68 bits per heavy atom. The van der Waals surface area contributed by atoms with Gasteiger partial charge in [-0.2, -0.15) is 0 Å². The summed E-state index contributed by atoms with van der Waals surface area (Å²) in [6.45, 7) is 3.87. The molecule has 3 aromatic rings. The molecule has 1 atom stereocenters. The number of aryl methyl sites for hydroxylation is 2. The first-order chi connectivity index (χ1) is 12.0. The molecule has 0 aliphatic carbocycles. The maximum absolute atomic E-state index is 12.1. The van der Waals surface area contributed by atoms with Gasteiger partial charge in [0.15, 0.2) is 4.96 Å². The molecule has 25 heavy (non-hydrogen) atoms. The summed E-state index contributed by atoms with van der Waals surface area (Å²) >= 11 is 1.57. The molecule has 1 unspecified atom stereocenters. The normalized spacial score (nSPS) is 12.6. The molecule has 1 amide bonds. The highest BCUT2D eigenvalue weighted by molar-refractivity contribution is 7.17. The lowest BCUT2D eigenvalue weighted by atomic mass is 10.1. The number of hydrogen-bond acceptors (Lipinski definition) is 5. The zero-order valence-electron chi connectivity index (χ0n) is 13.8. The number of ether oxygens (including phenoxy) is 1. The zero-order chi connectivity index (χ0) is 18.0. The van der Waals surface area contributed by atoms with Gasteiger partial charge in [-0.1, -0.05) is 30.3 Å². The van der Waals surface area contributed by atoms with Crippen molar-refractivity contribution >= 4 is 34.3 Å². The van der Waals surface area contributed by atoms with Crippen molar-refractivity contribution in [1.82, 2.24) is 9.38 Å². The molecule has 6 nitrogen and oxygen atoms in total. The van der Waals surface area contributed by atoms with Crippen molar-refractivity contribution in [2.24, 2.45) is 5.73 Å². The van der Waals surface area contributed by atoms with Crippen molar-refractivity contribution in [1.29, 1.82) is 0 Å². The van der Waals surface area contributed by atoms with Gasteiger partial charge in [-0.3, -0.25) is 9.20 Å².